The quantitative estimate of drug-likeness (QED) is 0.748. The minimum absolute atomic E-state index is 0.0637. The number of aliphatic carboxylic acids is 2. The second-order valence-electron chi connectivity index (χ2n) is 5.73. The van der Waals surface area contributed by atoms with Gasteiger partial charge in [-0.05, 0) is 61.1 Å². The van der Waals surface area contributed by atoms with Crippen molar-refractivity contribution in [1.29, 1.82) is 0 Å². The zero-order valence-corrected chi connectivity index (χ0v) is 14.5. The fourth-order valence-electron chi connectivity index (χ4n) is 2.61. The first-order chi connectivity index (χ1) is 11.3. The fourth-order valence-corrected chi connectivity index (χ4v) is 3.69. The summed E-state index contributed by atoms with van der Waals surface area (Å²) in [6.45, 7) is 4.01. The molecule has 0 amide bonds. The number of thiophene rings is 1. The first-order valence-electron chi connectivity index (χ1n) is 7.65. The molecule has 0 aliphatic rings. The molecule has 4 nitrogen and oxygen atoms in total. The van der Waals surface area contributed by atoms with Crippen LogP contribution in [0.25, 0.3) is 6.08 Å². The van der Waals surface area contributed by atoms with E-state index in [4.69, 9.17) is 10.2 Å². The van der Waals surface area contributed by atoms with Crippen LogP contribution in [0.4, 0.5) is 0 Å². The van der Waals surface area contributed by atoms with Crippen molar-refractivity contribution in [2.45, 2.75) is 33.1 Å². The number of aryl methyl sites for hydroxylation is 4. The molecule has 2 rings (SSSR count). The van der Waals surface area contributed by atoms with Crippen LogP contribution < -0.4 is 0 Å². The minimum Gasteiger partial charge on any atom is -0.481 e. The van der Waals surface area contributed by atoms with Crippen molar-refractivity contribution in [2.75, 3.05) is 0 Å². The summed E-state index contributed by atoms with van der Waals surface area (Å²) in [5, 5.41) is 17.7. The molecule has 2 N–H and O–H groups in total. The molecular formula is C19H20O4S. The summed E-state index contributed by atoms with van der Waals surface area (Å²) >= 11 is 1.54. The van der Waals surface area contributed by atoms with E-state index in [0.29, 0.717) is 0 Å². The fraction of sp³-hybridized carbons (Fsp3) is 0.263. The first-order valence-corrected chi connectivity index (χ1v) is 8.47. The average Bonchev–Trinajstić information content (AvgIpc) is 2.83. The van der Waals surface area contributed by atoms with E-state index in [-0.39, 0.29) is 6.42 Å². The van der Waals surface area contributed by atoms with E-state index in [2.05, 4.69) is 6.07 Å². The van der Waals surface area contributed by atoms with Crippen molar-refractivity contribution in [1.82, 2.24) is 0 Å². The van der Waals surface area contributed by atoms with Crippen LogP contribution in [0, 0.1) is 13.8 Å². The van der Waals surface area contributed by atoms with E-state index in [9.17, 15) is 9.59 Å². The van der Waals surface area contributed by atoms with Gasteiger partial charge in [-0.2, -0.15) is 0 Å². The lowest BCUT2D eigenvalue weighted by molar-refractivity contribution is -0.136. The zero-order chi connectivity index (χ0) is 17.7. The Morgan fingerprint density at radius 1 is 1.08 bits per heavy atom. The smallest absolute Gasteiger partial charge is 0.328 e. The molecule has 2 aromatic rings. The standard InChI is InChI=1S/C19H20O4S/c1-12-3-4-14(5-8-18(20)21)10-15(12)6-7-16-9-13(2)24-17(16)11-19(22)23/h3-5,8-10H,6-7,11H2,1-2H3,(H,20,21)(H,22,23)/b8-5+. The number of hydrogen-bond acceptors (Lipinski definition) is 3. The second kappa shape index (κ2) is 7.93. The molecule has 0 spiro atoms. The third-order valence-electron chi connectivity index (χ3n) is 3.79. The maximum Gasteiger partial charge on any atom is 0.328 e. The number of hydrogen-bond donors (Lipinski definition) is 2. The summed E-state index contributed by atoms with van der Waals surface area (Å²) in [6, 6.07) is 7.92. The SMILES string of the molecule is Cc1cc(CCc2cc(/C=C/C(=O)O)ccc2C)c(CC(=O)O)s1. The summed E-state index contributed by atoms with van der Waals surface area (Å²) in [7, 11) is 0. The predicted octanol–water partition coefficient (Wildman–Crippen LogP) is 3.88. The third kappa shape index (κ3) is 5.06. The maximum atomic E-state index is 11.0. The molecule has 0 saturated heterocycles. The molecule has 0 aliphatic heterocycles. The molecule has 0 radical (unpaired) electrons. The Hall–Kier alpha value is -2.40. The molecule has 0 fully saturated rings. The summed E-state index contributed by atoms with van der Waals surface area (Å²) in [6.07, 6.45) is 4.34. The van der Waals surface area contributed by atoms with Crippen LogP contribution in [0.1, 0.15) is 32.0 Å². The van der Waals surface area contributed by atoms with Gasteiger partial charge in [0, 0.05) is 15.8 Å². The third-order valence-corrected chi connectivity index (χ3v) is 4.88. The highest BCUT2D eigenvalue weighted by Gasteiger charge is 2.11. The molecular weight excluding hydrogens is 324 g/mol. The van der Waals surface area contributed by atoms with Crippen molar-refractivity contribution in [3.63, 3.8) is 0 Å². The Morgan fingerprint density at radius 3 is 2.46 bits per heavy atom. The molecule has 1 aromatic carbocycles. The van der Waals surface area contributed by atoms with Gasteiger partial charge in [-0.15, -0.1) is 11.3 Å². The largest absolute Gasteiger partial charge is 0.481 e. The van der Waals surface area contributed by atoms with Gasteiger partial charge < -0.3 is 10.2 Å². The van der Waals surface area contributed by atoms with Crippen molar-refractivity contribution in [3.8, 4) is 0 Å². The van der Waals surface area contributed by atoms with Crippen LogP contribution in [0.5, 0.6) is 0 Å². The van der Waals surface area contributed by atoms with Crippen molar-refractivity contribution >= 4 is 29.4 Å². The topological polar surface area (TPSA) is 74.6 Å². The summed E-state index contributed by atoms with van der Waals surface area (Å²) in [5.41, 5.74) is 4.23. The first kappa shape index (κ1) is 17.9. The normalized spacial score (nSPS) is 11.1. The lowest BCUT2D eigenvalue weighted by Gasteiger charge is -2.08. The molecule has 1 heterocycles. The Kier molecular flexibility index (Phi) is 5.93. The number of carboxylic acid groups (broad SMARTS) is 2. The van der Waals surface area contributed by atoms with E-state index >= 15 is 0 Å². The van der Waals surface area contributed by atoms with Crippen LogP contribution in [-0.2, 0) is 28.9 Å². The molecule has 0 unspecified atom stereocenters. The minimum atomic E-state index is -0.968. The van der Waals surface area contributed by atoms with Gasteiger partial charge in [-0.3, -0.25) is 4.79 Å². The zero-order valence-electron chi connectivity index (χ0n) is 13.7. The second-order valence-corrected chi connectivity index (χ2v) is 7.07. The highest BCUT2D eigenvalue weighted by molar-refractivity contribution is 7.12. The van der Waals surface area contributed by atoms with Gasteiger partial charge in [0.25, 0.3) is 0 Å². The van der Waals surface area contributed by atoms with Gasteiger partial charge in [0.05, 0.1) is 6.42 Å². The van der Waals surface area contributed by atoms with E-state index in [1.165, 1.54) is 11.3 Å². The number of rotatable bonds is 7. The van der Waals surface area contributed by atoms with E-state index in [0.717, 1.165) is 50.9 Å². The van der Waals surface area contributed by atoms with Crippen molar-refractivity contribution in [2.24, 2.45) is 0 Å². The lowest BCUT2D eigenvalue weighted by atomic mass is 9.98. The van der Waals surface area contributed by atoms with Crippen LogP contribution >= 0.6 is 11.3 Å². The summed E-state index contributed by atoms with van der Waals surface area (Å²) < 4.78 is 0. The molecule has 0 aliphatic carbocycles. The molecule has 24 heavy (non-hydrogen) atoms. The van der Waals surface area contributed by atoms with E-state index in [1.807, 2.05) is 32.0 Å². The van der Waals surface area contributed by atoms with Crippen molar-refractivity contribution < 1.29 is 19.8 Å². The molecule has 0 saturated carbocycles. The maximum absolute atomic E-state index is 11.0. The number of carbonyl (C=O) groups is 2. The Morgan fingerprint density at radius 2 is 1.79 bits per heavy atom. The average molecular weight is 344 g/mol. The highest BCUT2D eigenvalue weighted by atomic mass is 32.1. The lowest BCUT2D eigenvalue weighted by Crippen LogP contribution is -2.02. The van der Waals surface area contributed by atoms with E-state index in [1.54, 1.807) is 6.08 Å². The number of carboxylic acids is 2. The Bertz CT molecular complexity index is 787. The predicted molar refractivity (Wildman–Crippen MR) is 95.7 cm³/mol. The monoisotopic (exact) mass is 344 g/mol. The van der Waals surface area contributed by atoms with Crippen LogP contribution in [-0.4, -0.2) is 22.2 Å². The molecule has 5 heteroatoms. The van der Waals surface area contributed by atoms with Gasteiger partial charge in [0.15, 0.2) is 0 Å². The van der Waals surface area contributed by atoms with Gasteiger partial charge in [0.1, 0.15) is 0 Å². The molecule has 0 atom stereocenters. The van der Waals surface area contributed by atoms with Crippen molar-refractivity contribution in [3.05, 3.63) is 62.3 Å². The van der Waals surface area contributed by atoms with Gasteiger partial charge in [-0.25, -0.2) is 4.79 Å². The van der Waals surface area contributed by atoms with Gasteiger partial charge in [-0.1, -0.05) is 18.2 Å². The summed E-state index contributed by atoms with van der Waals surface area (Å²) in [5.74, 6) is -1.78. The molecule has 1 aromatic heterocycles. The Labute approximate surface area is 145 Å². The van der Waals surface area contributed by atoms with Crippen LogP contribution in [0.3, 0.4) is 0 Å². The van der Waals surface area contributed by atoms with Crippen LogP contribution in [0.2, 0.25) is 0 Å². The molecule has 126 valence electrons. The van der Waals surface area contributed by atoms with Gasteiger partial charge in [0.2, 0.25) is 0 Å². The summed E-state index contributed by atoms with van der Waals surface area (Å²) in [4.78, 5) is 23.6. The number of benzene rings is 1. The van der Waals surface area contributed by atoms with Gasteiger partial charge >= 0.3 is 11.9 Å². The molecule has 0 bridgehead atoms. The van der Waals surface area contributed by atoms with E-state index < -0.39 is 11.9 Å². The van der Waals surface area contributed by atoms with Crippen LogP contribution in [0.15, 0.2) is 30.3 Å². The Balaban J connectivity index is 2.16. The highest BCUT2D eigenvalue weighted by Crippen LogP contribution is 2.25.